The molecule has 0 saturated heterocycles. The van der Waals surface area contributed by atoms with E-state index in [9.17, 15) is 0 Å². The quantitative estimate of drug-likeness (QED) is 0.407. The van der Waals surface area contributed by atoms with Crippen LogP contribution in [0.25, 0.3) is 0 Å². The molecule has 0 amide bonds. The van der Waals surface area contributed by atoms with Gasteiger partial charge >= 0.3 is 0 Å². The summed E-state index contributed by atoms with van der Waals surface area (Å²) in [6, 6.07) is 0. The van der Waals surface area contributed by atoms with Crippen LogP contribution in [-0.2, 0) is 4.74 Å². The molecule has 0 aromatic rings. The van der Waals surface area contributed by atoms with Gasteiger partial charge < -0.3 is 4.74 Å². The summed E-state index contributed by atoms with van der Waals surface area (Å²) in [5.74, 6) is 0. The highest BCUT2D eigenvalue weighted by molar-refractivity contribution is 4.43. The van der Waals surface area contributed by atoms with Crippen molar-refractivity contribution in [3.8, 4) is 0 Å². The zero-order valence-electron chi connectivity index (χ0n) is 5.19. The van der Waals surface area contributed by atoms with Gasteiger partial charge in [-0.05, 0) is 0 Å². The van der Waals surface area contributed by atoms with Crippen LogP contribution in [0.1, 0.15) is 4.11 Å². The van der Waals surface area contributed by atoms with E-state index in [1.165, 1.54) is 0 Å². The molecular formula is C3H6O. The van der Waals surface area contributed by atoms with Crippen molar-refractivity contribution in [2.45, 2.75) is 0 Å². The summed E-state index contributed by atoms with van der Waals surface area (Å²) in [5.41, 5.74) is 0. The summed E-state index contributed by atoms with van der Waals surface area (Å²) in [6.45, 7) is 3.06. The second-order valence-corrected chi connectivity index (χ2v) is 0.285. The summed E-state index contributed by atoms with van der Waals surface area (Å²) in [5, 5.41) is 0. The second kappa shape index (κ2) is 2.54. The Morgan fingerprint density at radius 3 is 3.25 bits per heavy atom. The van der Waals surface area contributed by atoms with Crippen LogP contribution < -0.4 is 0 Å². The molecule has 0 bridgehead atoms. The van der Waals surface area contributed by atoms with Gasteiger partial charge in [-0.25, -0.2) is 0 Å². The van der Waals surface area contributed by atoms with Gasteiger partial charge in [-0.1, -0.05) is 6.58 Å². The van der Waals surface area contributed by atoms with E-state index >= 15 is 0 Å². The number of ether oxygens (including phenoxy) is 1. The number of hydrogen-bond donors (Lipinski definition) is 0. The maximum atomic E-state index is 6.37. The summed E-state index contributed by atoms with van der Waals surface area (Å²) in [4.78, 5) is 0. The molecule has 0 aliphatic heterocycles. The molecule has 24 valence electrons. The summed E-state index contributed by atoms with van der Waals surface area (Å²) in [7, 11) is -2.32. The molecule has 1 heteroatoms. The molecule has 0 aliphatic rings. The van der Waals surface area contributed by atoms with E-state index in [1.54, 1.807) is 0 Å². The third kappa shape index (κ3) is 1.54. The topological polar surface area (TPSA) is 9.23 Å². The van der Waals surface area contributed by atoms with Crippen molar-refractivity contribution in [1.82, 2.24) is 0 Å². The zero-order chi connectivity index (χ0) is 5.91. The Morgan fingerprint density at radius 1 is 2.50 bits per heavy atom. The van der Waals surface area contributed by atoms with Crippen LogP contribution >= 0.6 is 0 Å². The molecule has 0 aromatic heterocycles. The highest BCUT2D eigenvalue weighted by atomic mass is 16.5. The average Bonchev–Trinajstić information content (AvgIpc) is 1.30. The van der Waals surface area contributed by atoms with Crippen LogP contribution in [-0.4, -0.2) is 7.04 Å². The smallest absolute Gasteiger partial charge is 0.0766 e. The van der Waals surface area contributed by atoms with Crippen molar-refractivity contribution in [2.24, 2.45) is 0 Å². The van der Waals surface area contributed by atoms with E-state index in [0.29, 0.717) is 0 Å². The van der Waals surface area contributed by atoms with E-state index in [4.69, 9.17) is 4.11 Å². The minimum atomic E-state index is -2.32. The fourth-order valence-corrected chi connectivity index (χ4v) is 0. The van der Waals surface area contributed by atoms with E-state index in [-0.39, 0.29) is 0 Å². The predicted octanol–water partition coefficient (Wildman–Crippen LogP) is 0.776. The lowest BCUT2D eigenvalue weighted by atomic mass is 11.2. The number of rotatable bonds is 1. The number of hydrogen-bond acceptors (Lipinski definition) is 1. The van der Waals surface area contributed by atoms with Gasteiger partial charge in [0.15, 0.2) is 0 Å². The van der Waals surface area contributed by atoms with Crippen molar-refractivity contribution in [1.29, 1.82) is 0 Å². The minimum Gasteiger partial charge on any atom is -0.505 e. The Balaban J connectivity index is 3.34. The first-order chi connectivity index (χ1) is 3.06. The normalized spacial score (nSPS) is 19.5. The molecular weight excluding hydrogens is 52.0 g/mol. The standard InChI is InChI=1S/C3H6O/c1-3-4-2/h3H,1H2,2H3/i2D3. The minimum absolute atomic E-state index is 0.896. The van der Waals surface area contributed by atoms with Crippen molar-refractivity contribution in [3.05, 3.63) is 12.8 Å². The molecule has 4 heavy (non-hydrogen) atoms. The molecule has 0 aliphatic carbocycles. The Morgan fingerprint density at radius 2 is 3.25 bits per heavy atom. The van der Waals surface area contributed by atoms with Crippen LogP contribution in [0.4, 0.5) is 0 Å². The first kappa shape index (κ1) is 0.744. The largest absolute Gasteiger partial charge is 0.505 e. The number of methoxy groups -OCH3 is 1. The van der Waals surface area contributed by atoms with Gasteiger partial charge in [-0.2, -0.15) is 0 Å². The average molecular weight is 61.1 g/mol. The maximum absolute atomic E-state index is 6.37. The van der Waals surface area contributed by atoms with Gasteiger partial charge in [0.1, 0.15) is 0 Å². The highest BCUT2D eigenvalue weighted by Gasteiger charge is 1.36. The van der Waals surface area contributed by atoms with Gasteiger partial charge in [0.2, 0.25) is 0 Å². The molecule has 0 atom stereocenters. The van der Waals surface area contributed by atoms with Crippen molar-refractivity contribution >= 4 is 0 Å². The van der Waals surface area contributed by atoms with Crippen LogP contribution in [0.3, 0.4) is 0 Å². The molecule has 0 heterocycles. The highest BCUT2D eigenvalue weighted by Crippen LogP contribution is 1.52. The first-order valence-corrected chi connectivity index (χ1v) is 0.848. The van der Waals surface area contributed by atoms with Gasteiger partial charge in [-0.3, -0.25) is 0 Å². The molecule has 0 N–H and O–H groups in total. The molecule has 0 radical (unpaired) electrons. The Kier molecular flexibility index (Phi) is 0.473. The molecule has 0 spiro atoms. The van der Waals surface area contributed by atoms with Crippen LogP contribution in [0.5, 0.6) is 0 Å². The van der Waals surface area contributed by atoms with E-state index in [0.717, 1.165) is 6.26 Å². The summed E-state index contributed by atoms with van der Waals surface area (Å²) < 4.78 is 23.1. The third-order valence-corrected chi connectivity index (χ3v) is 0.0833. The van der Waals surface area contributed by atoms with Crippen molar-refractivity contribution < 1.29 is 8.85 Å². The second-order valence-electron chi connectivity index (χ2n) is 0.285. The third-order valence-electron chi connectivity index (χ3n) is 0.0833. The summed E-state index contributed by atoms with van der Waals surface area (Å²) in [6.07, 6.45) is 0.896. The lowest BCUT2D eigenvalue weighted by molar-refractivity contribution is 0.339. The Labute approximate surface area is 30.1 Å². The predicted molar refractivity (Wildman–Crippen MR) is 17.2 cm³/mol. The van der Waals surface area contributed by atoms with Crippen LogP contribution in [0.2, 0.25) is 0 Å². The molecule has 0 rings (SSSR count). The Bertz CT molecular complexity index is 65.1. The monoisotopic (exact) mass is 61.1 g/mol. The van der Waals surface area contributed by atoms with Crippen molar-refractivity contribution in [3.63, 3.8) is 0 Å². The van der Waals surface area contributed by atoms with Crippen LogP contribution in [0, 0.1) is 0 Å². The van der Waals surface area contributed by atoms with Gasteiger partial charge in [0.25, 0.3) is 0 Å². The van der Waals surface area contributed by atoms with Crippen LogP contribution in [0.15, 0.2) is 12.8 Å². The fraction of sp³-hybridized carbons (Fsp3) is 0.333. The lowest BCUT2D eigenvalue weighted by Gasteiger charge is -1.73. The van der Waals surface area contributed by atoms with Gasteiger partial charge in [0, 0.05) is 0 Å². The molecule has 1 nitrogen and oxygen atoms in total. The zero-order valence-corrected chi connectivity index (χ0v) is 2.19. The lowest BCUT2D eigenvalue weighted by Crippen LogP contribution is -1.54. The van der Waals surface area contributed by atoms with Crippen molar-refractivity contribution in [2.75, 3.05) is 7.04 Å². The van der Waals surface area contributed by atoms with Gasteiger partial charge in [-0.15, -0.1) is 0 Å². The molecule has 0 fully saturated rings. The SMILES string of the molecule is [2H]C([2H])([2H])OC=C. The Hall–Kier alpha value is -0.460. The van der Waals surface area contributed by atoms with E-state index in [1.807, 2.05) is 0 Å². The first-order valence-electron chi connectivity index (χ1n) is 2.35. The van der Waals surface area contributed by atoms with Gasteiger partial charge in [0.05, 0.1) is 17.4 Å². The maximum Gasteiger partial charge on any atom is 0.0766 e. The van der Waals surface area contributed by atoms with E-state index < -0.39 is 7.04 Å². The molecule has 0 unspecified atom stereocenters. The molecule has 0 aromatic carbocycles. The summed E-state index contributed by atoms with van der Waals surface area (Å²) >= 11 is 0. The van der Waals surface area contributed by atoms with E-state index in [2.05, 4.69) is 11.3 Å². The molecule has 0 saturated carbocycles. The fourth-order valence-electron chi connectivity index (χ4n) is 0.